The molecule has 0 aromatic heterocycles. The molecule has 1 saturated carbocycles. The van der Waals surface area contributed by atoms with Crippen LogP contribution < -0.4 is 0 Å². The summed E-state index contributed by atoms with van der Waals surface area (Å²) in [6.45, 7) is 3.21. The number of nitrogens with zero attached hydrogens (tertiary/aromatic N) is 1. The molecule has 1 nitrogen and oxygen atoms in total. The largest absolute Gasteiger partial charge is 0.416 e. The highest BCUT2D eigenvalue weighted by molar-refractivity contribution is 5.28. The first-order chi connectivity index (χ1) is 12.0. The molecule has 1 aliphatic carbocycles. The van der Waals surface area contributed by atoms with Crippen molar-refractivity contribution >= 4 is 0 Å². The van der Waals surface area contributed by atoms with E-state index in [0.29, 0.717) is 17.8 Å². The van der Waals surface area contributed by atoms with Crippen LogP contribution in [0.4, 0.5) is 13.2 Å². The van der Waals surface area contributed by atoms with Gasteiger partial charge in [0.2, 0.25) is 0 Å². The monoisotopic (exact) mass is 345 g/mol. The van der Waals surface area contributed by atoms with Gasteiger partial charge in [0, 0.05) is 19.6 Å². The van der Waals surface area contributed by atoms with Crippen LogP contribution in [-0.2, 0) is 12.7 Å². The average Bonchev–Trinajstić information content (AvgIpc) is 3.13. The van der Waals surface area contributed by atoms with E-state index in [1.54, 1.807) is 12.1 Å². The molecule has 0 bridgehead atoms. The Kier molecular flexibility index (Phi) is 4.32. The van der Waals surface area contributed by atoms with Crippen molar-refractivity contribution in [1.82, 2.24) is 4.90 Å². The maximum Gasteiger partial charge on any atom is 0.416 e. The van der Waals surface area contributed by atoms with Crippen molar-refractivity contribution in [2.24, 2.45) is 11.8 Å². The number of alkyl halides is 3. The fourth-order valence-corrected chi connectivity index (χ4v) is 4.58. The van der Waals surface area contributed by atoms with E-state index in [4.69, 9.17) is 0 Å². The molecule has 0 N–H and O–H groups in total. The third-order valence-electron chi connectivity index (χ3n) is 5.79. The van der Waals surface area contributed by atoms with Crippen molar-refractivity contribution in [3.05, 3.63) is 71.3 Å². The van der Waals surface area contributed by atoms with Gasteiger partial charge < -0.3 is 0 Å². The van der Waals surface area contributed by atoms with Gasteiger partial charge in [-0.2, -0.15) is 13.2 Å². The third kappa shape index (κ3) is 3.59. The maximum absolute atomic E-state index is 12.7. The van der Waals surface area contributed by atoms with Crippen LogP contribution in [0.2, 0.25) is 0 Å². The number of fused-ring (bicyclic) bond motifs is 1. The van der Waals surface area contributed by atoms with Gasteiger partial charge in [-0.3, -0.25) is 4.90 Å². The molecular weight excluding hydrogens is 323 g/mol. The highest BCUT2D eigenvalue weighted by Crippen LogP contribution is 2.46. The summed E-state index contributed by atoms with van der Waals surface area (Å²) in [7, 11) is 0. The van der Waals surface area contributed by atoms with Gasteiger partial charge in [-0.1, -0.05) is 42.5 Å². The van der Waals surface area contributed by atoms with Gasteiger partial charge in [0.25, 0.3) is 0 Å². The van der Waals surface area contributed by atoms with Crippen molar-refractivity contribution in [3.63, 3.8) is 0 Å². The number of hydrogen-bond donors (Lipinski definition) is 0. The van der Waals surface area contributed by atoms with E-state index >= 15 is 0 Å². The number of likely N-dealkylation sites (tertiary alicyclic amines) is 1. The van der Waals surface area contributed by atoms with Gasteiger partial charge in [0.15, 0.2) is 0 Å². The molecule has 2 unspecified atom stereocenters. The van der Waals surface area contributed by atoms with Crippen LogP contribution in [0.3, 0.4) is 0 Å². The zero-order chi connectivity index (χ0) is 17.4. The van der Waals surface area contributed by atoms with Crippen molar-refractivity contribution in [3.8, 4) is 0 Å². The Labute approximate surface area is 146 Å². The molecule has 2 aliphatic rings. The third-order valence-corrected chi connectivity index (χ3v) is 5.79. The van der Waals surface area contributed by atoms with Gasteiger partial charge in [-0.25, -0.2) is 0 Å². The summed E-state index contributed by atoms with van der Waals surface area (Å²) < 4.78 is 38.1. The minimum atomic E-state index is -4.25. The second kappa shape index (κ2) is 6.49. The Morgan fingerprint density at radius 2 is 1.44 bits per heavy atom. The molecule has 0 radical (unpaired) electrons. The molecular formula is C21H22F3N. The lowest BCUT2D eigenvalue weighted by molar-refractivity contribution is -0.137. The summed E-state index contributed by atoms with van der Waals surface area (Å²) in [4.78, 5) is 2.52. The molecule has 132 valence electrons. The molecule has 1 heterocycles. The molecule has 2 atom stereocenters. The van der Waals surface area contributed by atoms with Crippen LogP contribution in [0.25, 0.3) is 0 Å². The first-order valence-corrected chi connectivity index (χ1v) is 8.92. The van der Waals surface area contributed by atoms with Gasteiger partial charge in [0.1, 0.15) is 0 Å². The minimum Gasteiger partial charge on any atom is -0.299 e. The van der Waals surface area contributed by atoms with E-state index in [0.717, 1.165) is 38.0 Å². The van der Waals surface area contributed by atoms with E-state index in [-0.39, 0.29) is 0 Å². The minimum absolute atomic E-state index is 0.413. The second-order valence-corrected chi connectivity index (χ2v) is 7.49. The zero-order valence-corrected chi connectivity index (χ0v) is 14.0. The summed E-state index contributed by atoms with van der Waals surface area (Å²) in [5, 5.41) is 0. The molecule has 4 rings (SSSR count). The Morgan fingerprint density at radius 3 is 2.00 bits per heavy atom. The summed E-state index contributed by atoms with van der Waals surface area (Å²) in [6, 6.07) is 16.3. The molecule has 4 heteroatoms. The lowest BCUT2D eigenvalue weighted by Crippen LogP contribution is -2.21. The summed E-state index contributed by atoms with van der Waals surface area (Å²) in [5.74, 6) is 1.77. The molecule has 2 aromatic rings. The molecule has 2 aromatic carbocycles. The smallest absolute Gasteiger partial charge is 0.299 e. The van der Waals surface area contributed by atoms with Crippen LogP contribution in [0, 0.1) is 11.8 Å². The van der Waals surface area contributed by atoms with Gasteiger partial charge in [-0.15, -0.1) is 0 Å². The van der Waals surface area contributed by atoms with Crippen molar-refractivity contribution < 1.29 is 13.2 Å². The first-order valence-electron chi connectivity index (χ1n) is 8.92. The van der Waals surface area contributed by atoms with Gasteiger partial charge in [-0.05, 0) is 53.9 Å². The second-order valence-electron chi connectivity index (χ2n) is 7.49. The number of rotatable bonds is 3. The van der Waals surface area contributed by atoms with Gasteiger partial charge >= 0.3 is 6.18 Å². The van der Waals surface area contributed by atoms with Crippen molar-refractivity contribution in [2.75, 3.05) is 13.1 Å². The Bertz CT molecular complexity index is 694. The van der Waals surface area contributed by atoms with Crippen LogP contribution >= 0.6 is 0 Å². The average molecular weight is 345 g/mol. The van der Waals surface area contributed by atoms with Crippen molar-refractivity contribution in [2.45, 2.75) is 31.5 Å². The molecule has 25 heavy (non-hydrogen) atoms. The first kappa shape index (κ1) is 16.6. The predicted octanol–water partition coefficient (Wildman–Crippen LogP) is 5.33. The topological polar surface area (TPSA) is 3.24 Å². The summed E-state index contributed by atoms with van der Waals surface area (Å²) in [5.41, 5.74) is 1.86. The number of benzene rings is 2. The SMILES string of the molecule is FC(F)(F)c1ccc(C2CC3CN(Cc4ccccc4)CC3C2)cc1. The zero-order valence-electron chi connectivity index (χ0n) is 14.0. The quantitative estimate of drug-likeness (QED) is 0.727. The highest BCUT2D eigenvalue weighted by Gasteiger charge is 2.41. The standard InChI is InChI=1S/C21H22F3N/c22-21(23,24)20-8-6-16(7-9-20)17-10-18-13-25(14-19(18)11-17)12-15-4-2-1-3-5-15/h1-9,17-19H,10-14H2. The molecule has 2 fully saturated rings. The van der Waals surface area contributed by atoms with Crippen molar-refractivity contribution in [1.29, 1.82) is 0 Å². The molecule has 0 amide bonds. The van der Waals surface area contributed by atoms with E-state index in [1.165, 1.54) is 17.7 Å². The lowest BCUT2D eigenvalue weighted by Gasteiger charge is -2.19. The summed E-state index contributed by atoms with van der Waals surface area (Å²) >= 11 is 0. The fourth-order valence-electron chi connectivity index (χ4n) is 4.58. The fraction of sp³-hybridized carbons (Fsp3) is 0.429. The summed E-state index contributed by atoms with van der Waals surface area (Å²) in [6.07, 6.45) is -2.05. The van der Waals surface area contributed by atoms with E-state index in [1.807, 2.05) is 6.07 Å². The number of hydrogen-bond acceptors (Lipinski definition) is 1. The van der Waals surface area contributed by atoms with Crippen LogP contribution in [-0.4, -0.2) is 18.0 Å². The highest BCUT2D eigenvalue weighted by atomic mass is 19.4. The normalized spacial score (nSPS) is 26.8. The van der Waals surface area contributed by atoms with E-state index in [9.17, 15) is 13.2 Å². The Morgan fingerprint density at radius 1 is 0.840 bits per heavy atom. The van der Waals surface area contributed by atoms with Crippen LogP contribution in [0.5, 0.6) is 0 Å². The Balaban J connectivity index is 1.36. The van der Waals surface area contributed by atoms with Crippen LogP contribution in [0.1, 0.15) is 35.4 Å². The molecule has 1 aliphatic heterocycles. The van der Waals surface area contributed by atoms with Crippen LogP contribution in [0.15, 0.2) is 54.6 Å². The maximum atomic E-state index is 12.7. The van der Waals surface area contributed by atoms with E-state index < -0.39 is 11.7 Å². The molecule has 0 spiro atoms. The Hall–Kier alpha value is -1.81. The molecule has 1 saturated heterocycles. The predicted molar refractivity (Wildman–Crippen MR) is 92.1 cm³/mol. The lowest BCUT2D eigenvalue weighted by atomic mass is 9.95. The number of halogens is 3. The van der Waals surface area contributed by atoms with E-state index in [2.05, 4.69) is 29.2 Å². The van der Waals surface area contributed by atoms with Gasteiger partial charge in [0.05, 0.1) is 5.56 Å².